The summed E-state index contributed by atoms with van der Waals surface area (Å²) in [5.74, 6) is 0.635. The summed E-state index contributed by atoms with van der Waals surface area (Å²) in [6.07, 6.45) is 1.12. The fraction of sp³-hybridized carbons (Fsp3) is 0.409. The highest BCUT2D eigenvalue weighted by Crippen LogP contribution is 2.34. The van der Waals surface area contributed by atoms with Gasteiger partial charge in [-0.25, -0.2) is 8.42 Å². The zero-order chi connectivity index (χ0) is 21.8. The van der Waals surface area contributed by atoms with Crippen molar-refractivity contribution < 1.29 is 27.4 Å². The molecule has 2 aliphatic heterocycles. The molecule has 8 nitrogen and oxygen atoms in total. The maximum Gasteiger partial charge on any atom is 0.243 e. The molecule has 2 aliphatic rings. The molecule has 0 bridgehead atoms. The molecule has 0 radical (unpaired) electrons. The molecule has 9 heteroatoms. The Bertz CT molecular complexity index is 1060. The first-order valence-electron chi connectivity index (χ1n) is 10.2. The van der Waals surface area contributed by atoms with Gasteiger partial charge in [0.2, 0.25) is 15.9 Å². The molecular weight excluding hydrogens is 420 g/mol. The third kappa shape index (κ3) is 4.68. The van der Waals surface area contributed by atoms with E-state index in [0.717, 1.165) is 11.1 Å². The average molecular weight is 447 g/mol. The molecule has 31 heavy (non-hydrogen) atoms. The molecule has 0 aromatic heterocycles. The number of rotatable bonds is 7. The summed E-state index contributed by atoms with van der Waals surface area (Å²) < 4.78 is 43.9. The molecule has 1 N–H and O–H groups in total. The number of methoxy groups -OCH3 is 1. The van der Waals surface area contributed by atoms with Crippen LogP contribution in [-0.4, -0.2) is 51.5 Å². The standard InChI is InChI=1S/C22H26N2O6S/c1-28-15-17-5-2-4-16(12-17)14-23-22(25)19-6-3-9-24(19)31(26,27)18-7-8-20-21(13-18)30-11-10-29-20/h2,4-5,7-8,12-13,19H,3,6,9-11,14-15H2,1H3,(H,23,25). The van der Waals surface area contributed by atoms with Gasteiger partial charge in [-0.3, -0.25) is 4.79 Å². The van der Waals surface area contributed by atoms with Gasteiger partial charge >= 0.3 is 0 Å². The summed E-state index contributed by atoms with van der Waals surface area (Å²) in [5, 5.41) is 2.88. The quantitative estimate of drug-likeness (QED) is 0.700. The van der Waals surface area contributed by atoms with Crippen molar-refractivity contribution in [2.45, 2.75) is 36.9 Å². The smallest absolute Gasteiger partial charge is 0.243 e. The molecule has 1 saturated heterocycles. The number of fused-ring (bicyclic) bond motifs is 1. The van der Waals surface area contributed by atoms with E-state index in [1.54, 1.807) is 13.2 Å². The molecule has 166 valence electrons. The maximum absolute atomic E-state index is 13.3. The van der Waals surface area contributed by atoms with E-state index in [2.05, 4.69) is 5.32 Å². The van der Waals surface area contributed by atoms with Gasteiger partial charge in [0.15, 0.2) is 11.5 Å². The van der Waals surface area contributed by atoms with E-state index in [9.17, 15) is 13.2 Å². The minimum atomic E-state index is -3.84. The van der Waals surface area contributed by atoms with Crippen molar-refractivity contribution in [3.63, 3.8) is 0 Å². The summed E-state index contributed by atoms with van der Waals surface area (Å²) in [6, 6.07) is 11.6. The van der Waals surface area contributed by atoms with Crippen molar-refractivity contribution >= 4 is 15.9 Å². The van der Waals surface area contributed by atoms with E-state index in [1.807, 2.05) is 24.3 Å². The maximum atomic E-state index is 13.3. The van der Waals surface area contributed by atoms with Gasteiger partial charge in [-0.05, 0) is 36.1 Å². The number of nitrogens with one attached hydrogen (secondary N) is 1. The average Bonchev–Trinajstić information content (AvgIpc) is 3.29. The van der Waals surface area contributed by atoms with Gasteiger partial charge < -0.3 is 19.5 Å². The van der Waals surface area contributed by atoms with Crippen LogP contribution in [0, 0.1) is 0 Å². The van der Waals surface area contributed by atoms with Crippen LogP contribution in [0.3, 0.4) is 0 Å². The number of hydrogen-bond donors (Lipinski definition) is 1. The molecule has 0 aliphatic carbocycles. The number of hydrogen-bond acceptors (Lipinski definition) is 6. The second kappa shape index (κ2) is 9.25. The minimum Gasteiger partial charge on any atom is -0.486 e. The normalized spacial score (nSPS) is 18.7. The number of sulfonamides is 1. The summed E-state index contributed by atoms with van der Waals surface area (Å²) in [4.78, 5) is 13.0. The van der Waals surface area contributed by atoms with Gasteiger partial charge in [0, 0.05) is 26.3 Å². The van der Waals surface area contributed by atoms with Crippen LogP contribution in [0.5, 0.6) is 11.5 Å². The summed E-state index contributed by atoms with van der Waals surface area (Å²) in [6.45, 7) is 1.92. The minimum absolute atomic E-state index is 0.101. The van der Waals surface area contributed by atoms with Crippen LogP contribution < -0.4 is 14.8 Å². The van der Waals surface area contributed by atoms with Crippen molar-refractivity contribution in [1.82, 2.24) is 9.62 Å². The lowest BCUT2D eigenvalue weighted by molar-refractivity contribution is -0.124. The Balaban J connectivity index is 1.46. The van der Waals surface area contributed by atoms with Crippen LogP contribution in [-0.2, 0) is 32.7 Å². The number of ether oxygens (including phenoxy) is 3. The first kappa shape index (κ1) is 21.6. The third-order valence-corrected chi connectivity index (χ3v) is 7.30. The molecule has 2 heterocycles. The number of amides is 1. The highest BCUT2D eigenvalue weighted by atomic mass is 32.2. The molecular formula is C22H26N2O6S. The lowest BCUT2D eigenvalue weighted by Crippen LogP contribution is -2.45. The van der Waals surface area contributed by atoms with E-state index in [-0.39, 0.29) is 10.8 Å². The fourth-order valence-corrected chi connectivity index (χ4v) is 5.58. The molecule has 1 unspecified atom stereocenters. The largest absolute Gasteiger partial charge is 0.486 e. The molecule has 2 aromatic rings. The van der Waals surface area contributed by atoms with Crippen LogP contribution in [0.2, 0.25) is 0 Å². The summed E-state index contributed by atoms with van der Waals surface area (Å²) in [7, 11) is -2.21. The van der Waals surface area contributed by atoms with Crippen molar-refractivity contribution in [2.24, 2.45) is 0 Å². The molecule has 1 amide bonds. The Morgan fingerprint density at radius 3 is 2.71 bits per heavy atom. The lowest BCUT2D eigenvalue weighted by atomic mass is 10.1. The topological polar surface area (TPSA) is 94.2 Å². The summed E-state index contributed by atoms with van der Waals surface area (Å²) in [5.41, 5.74) is 1.94. The van der Waals surface area contributed by atoms with E-state index < -0.39 is 16.1 Å². The van der Waals surface area contributed by atoms with Crippen molar-refractivity contribution in [2.75, 3.05) is 26.9 Å². The molecule has 1 fully saturated rings. The first-order chi connectivity index (χ1) is 15.0. The Morgan fingerprint density at radius 1 is 1.13 bits per heavy atom. The van der Waals surface area contributed by atoms with Gasteiger partial charge in [0.1, 0.15) is 19.3 Å². The van der Waals surface area contributed by atoms with Gasteiger partial charge in [-0.15, -0.1) is 0 Å². The van der Waals surface area contributed by atoms with Crippen molar-refractivity contribution in [1.29, 1.82) is 0 Å². The fourth-order valence-electron chi connectivity index (χ4n) is 3.91. The Labute approximate surface area is 182 Å². The molecule has 4 rings (SSSR count). The molecule has 0 saturated carbocycles. The predicted octanol–water partition coefficient (Wildman–Crippen LogP) is 2.07. The predicted molar refractivity (Wildman–Crippen MR) is 113 cm³/mol. The monoisotopic (exact) mass is 446 g/mol. The van der Waals surface area contributed by atoms with E-state index in [4.69, 9.17) is 14.2 Å². The SMILES string of the molecule is COCc1cccc(CNC(=O)C2CCCN2S(=O)(=O)c2ccc3c(c2)OCCO3)c1. The second-order valence-corrected chi connectivity index (χ2v) is 9.44. The zero-order valence-electron chi connectivity index (χ0n) is 17.4. The van der Waals surface area contributed by atoms with Crippen LogP contribution in [0.4, 0.5) is 0 Å². The number of nitrogens with zero attached hydrogens (tertiary/aromatic N) is 1. The van der Waals surface area contributed by atoms with Gasteiger partial charge in [-0.1, -0.05) is 24.3 Å². The lowest BCUT2D eigenvalue weighted by Gasteiger charge is -2.24. The van der Waals surface area contributed by atoms with Crippen LogP contribution in [0.1, 0.15) is 24.0 Å². The highest BCUT2D eigenvalue weighted by Gasteiger charge is 2.39. The number of carbonyl (C=O) groups excluding carboxylic acids is 1. The van der Waals surface area contributed by atoms with E-state index >= 15 is 0 Å². The van der Waals surface area contributed by atoms with Crippen LogP contribution in [0.15, 0.2) is 47.4 Å². The van der Waals surface area contributed by atoms with Crippen LogP contribution in [0.25, 0.3) is 0 Å². The molecule has 2 aromatic carbocycles. The second-order valence-electron chi connectivity index (χ2n) is 7.55. The summed E-state index contributed by atoms with van der Waals surface area (Å²) >= 11 is 0. The molecule has 0 spiro atoms. The first-order valence-corrected chi connectivity index (χ1v) is 11.7. The van der Waals surface area contributed by atoms with Gasteiger partial charge in [-0.2, -0.15) is 4.31 Å². The highest BCUT2D eigenvalue weighted by molar-refractivity contribution is 7.89. The number of carbonyl (C=O) groups is 1. The number of benzene rings is 2. The Kier molecular flexibility index (Phi) is 6.45. The Morgan fingerprint density at radius 2 is 1.90 bits per heavy atom. The van der Waals surface area contributed by atoms with E-state index in [1.165, 1.54) is 16.4 Å². The van der Waals surface area contributed by atoms with Crippen molar-refractivity contribution in [3.05, 3.63) is 53.6 Å². The van der Waals surface area contributed by atoms with Crippen molar-refractivity contribution in [3.8, 4) is 11.5 Å². The Hall–Kier alpha value is -2.62. The third-order valence-electron chi connectivity index (χ3n) is 5.40. The molecule has 1 atom stereocenters. The van der Waals surface area contributed by atoms with Gasteiger partial charge in [0.25, 0.3) is 0 Å². The van der Waals surface area contributed by atoms with E-state index in [0.29, 0.717) is 57.3 Å². The zero-order valence-corrected chi connectivity index (χ0v) is 18.2. The van der Waals surface area contributed by atoms with Gasteiger partial charge in [0.05, 0.1) is 11.5 Å². The van der Waals surface area contributed by atoms with Crippen LogP contribution >= 0.6 is 0 Å².